The topological polar surface area (TPSA) is 91.9 Å². The van der Waals surface area contributed by atoms with Crippen LogP contribution in [0.2, 0.25) is 0 Å². The Morgan fingerprint density at radius 2 is 1.74 bits per heavy atom. The van der Waals surface area contributed by atoms with E-state index in [4.69, 9.17) is 0 Å². The lowest BCUT2D eigenvalue weighted by Gasteiger charge is -2.35. The fourth-order valence-electron chi connectivity index (χ4n) is 3.89. The van der Waals surface area contributed by atoms with Crippen molar-refractivity contribution in [2.24, 2.45) is 0 Å². The Balaban J connectivity index is 1.43. The van der Waals surface area contributed by atoms with Crippen LogP contribution in [-0.2, 0) is 26.0 Å². The van der Waals surface area contributed by atoms with Gasteiger partial charge in [-0.25, -0.2) is 8.42 Å². The number of nitrogens with one attached hydrogen (secondary N) is 1. The minimum atomic E-state index is -4.76. The number of piperazine rings is 1. The fourth-order valence-corrected chi connectivity index (χ4v) is 5.34. The van der Waals surface area contributed by atoms with Crippen LogP contribution in [0.15, 0.2) is 53.6 Å². The van der Waals surface area contributed by atoms with Crippen molar-refractivity contribution in [3.05, 3.63) is 54.2 Å². The molecule has 0 spiro atoms. The number of aromatic amines is 1. The number of carbonyl (C=O) groups is 1. The highest BCUT2D eigenvalue weighted by atomic mass is 32.2. The SMILES string of the molecule is COC(=O)Cc1c[nH]c2cc(S(=O)(=O)N3CCN(c4ccc(OC(F)(F)F)cc4)CC3)ccc12. The molecule has 1 N–H and O–H groups in total. The number of esters is 1. The fraction of sp³-hybridized carbons (Fsp3) is 0.318. The highest BCUT2D eigenvalue weighted by molar-refractivity contribution is 7.89. The van der Waals surface area contributed by atoms with Crippen molar-refractivity contribution in [1.82, 2.24) is 9.29 Å². The van der Waals surface area contributed by atoms with Gasteiger partial charge in [-0.1, -0.05) is 6.07 Å². The van der Waals surface area contributed by atoms with Gasteiger partial charge >= 0.3 is 12.3 Å². The lowest BCUT2D eigenvalue weighted by atomic mass is 10.1. The zero-order valence-electron chi connectivity index (χ0n) is 18.1. The molecule has 0 atom stereocenters. The normalized spacial score (nSPS) is 15.5. The number of aromatic nitrogens is 1. The van der Waals surface area contributed by atoms with Gasteiger partial charge in [-0.3, -0.25) is 4.79 Å². The summed E-state index contributed by atoms with van der Waals surface area (Å²) < 4.78 is 73.3. The van der Waals surface area contributed by atoms with Gasteiger partial charge in [0.15, 0.2) is 0 Å². The van der Waals surface area contributed by atoms with Crippen molar-refractivity contribution in [1.29, 1.82) is 0 Å². The number of carbonyl (C=O) groups excluding carboxylic acids is 1. The molecule has 8 nitrogen and oxygen atoms in total. The van der Waals surface area contributed by atoms with Crippen molar-refractivity contribution in [3.8, 4) is 5.75 Å². The Morgan fingerprint density at radius 1 is 1.06 bits per heavy atom. The van der Waals surface area contributed by atoms with Gasteiger partial charge < -0.3 is 19.4 Å². The molecule has 1 aliphatic heterocycles. The number of rotatable bonds is 6. The van der Waals surface area contributed by atoms with Gasteiger partial charge in [0.05, 0.1) is 18.4 Å². The van der Waals surface area contributed by atoms with E-state index in [2.05, 4.69) is 14.5 Å². The molecule has 0 unspecified atom stereocenters. The molecule has 2 heterocycles. The molecule has 12 heteroatoms. The van der Waals surface area contributed by atoms with Crippen LogP contribution >= 0.6 is 0 Å². The summed E-state index contributed by atoms with van der Waals surface area (Å²) in [5.41, 5.74) is 1.99. The quantitative estimate of drug-likeness (QED) is 0.526. The lowest BCUT2D eigenvalue weighted by Crippen LogP contribution is -2.48. The maximum Gasteiger partial charge on any atom is 0.573 e. The first kappa shape index (κ1) is 23.9. The molecule has 0 amide bonds. The van der Waals surface area contributed by atoms with Gasteiger partial charge in [0, 0.05) is 49.0 Å². The number of H-pyrrole nitrogens is 1. The first-order chi connectivity index (χ1) is 16.1. The van der Waals surface area contributed by atoms with Crippen LogP contribution in [0.4, 0.5) is 18.9 Å². The van der Waals surface area contributed by atoms with Crippen LogP contribution in [0.1, 0.15) is 5.56 Å². The molecule has 1 aliphatic rings. The molecule has 1 saturated heterocycles. The number of halogens is 3. The molecular weight excluding hydrogens is 475 g/mol. The number of methoxy groups -OCH3 is 1. The van der Waals surface area contributed by atoms with Crippen molar-refractivity contribution in [2.75, 3.05) is 38.2 Å². The average molecular weight is 497 g/mol. The molecule has 2 aromatic carbocycles. The Bertz CT molecular complexity index is 1280. The van der Waals surface area contributed by atoms with Gasteiger partial charge in [-0.05, 0) is 42.0 Å². The minimum absolute atomic E-state index is 0.0772. The second kappa shape index (κ2) is 9.18. The molecule has 1 fully saturated rings. The first-order valence-electron chi connectivity index (χ1n) is 10.3. The van der Waals surface area contributed by atoms with Crippen molar-refractivity contribution in [2.45, 2.75) is 17.7 Å². The highest BCUT2D eigenvalue weighted by Gasteiger charge is 2.32. The van der Waals surface area contributed by atoms with Crippen LogP contribution in [0.3, 0.4) is 0 Å². The van der Waals surface area contributed by atoms with E-state index in [0.717, 1.165) is 5.39 Å². The predicted octanol–water partition coefficient (Wildman–Crippen LogP) is 3.29. The maximum atomic E-state index is 13.2. The minimum Gasteiger partial charge on any atom is -0.469 e. The van der Waals surface area contributed by atoms with Crippen LogP contribution < -0.4 is 9.64 Å². The van der Waals surface area contributed by atoms with E-state index >= 15 is 0 Å². The van der Waals surface area contributed by atoms with Crippen LogP contribution in [0.5, 0.6) is 5.75 Å². The number of benzene rings is 2. The molecule has 182 valence electrons. The van der Waals surface area contributed by atoms with Gasteiger partial charge in [0.25, 0.3) is 0 Å². The molecule has 0 saturated carbocycles. The number of ether oxygens (including phenoxy) is 2. The standard InChI is InChI=1S/C22H22F3N3O5S/c1-32-21(29)12-15-14-26-20-13-18(6-7-19(15)20)34(30,31)28-10-8-27(9-11-28)16-2-4-17(5-3-16)33-22(23,24)25/h2-7,13-14,26H,8-12H2,1H3. The monoisotopic (exact) mass is 497 g/mol. The van der Waals surface area contributed by atoms with Crippen LogP contribution in [0, 0.1) is 0 Å². The number of hydrogen-bond donors (Lipinski definition) is 1. The van der Waals surface area contributed by atoms with Crippen LogP contribution in [0.25, 0.3) is 10.9 Å². The summed E-state index contributed by atoms with van der Waals surface area (Å²) in [5.74, 6) is -0.704. The third kappa shape index (κ3) is 5.12. The molecular formula is C22H22F3N3O5S. The van der Waals surface area contributed by atoms with Crippen molar-refractivity contribution >= 4 is 32.6 Å². The molecule has 4 rings (SSSR count). The lowest BCUT2D eigenvalue weighted by molar-refractivity contribution is -0.274. The molecule has 3 aromatic rings. The van der Waals surface area contributed by atoms with Gasteiger partial charge in [0.2, 0.25) is 10.0 Å². The maximum absolute atomic E-state index is 13.2. The van der Waals surface area contributed by atoms with E-state index in [1.807, 2.05) is 4.90 Å². The second-order valence-electron chi connectivity index (χ2n) is 7.71. The molecule has 0 aliphatic carbocycles. The summed E-state index contributed by atoms with van der Waals surface area (Å²) in [4.78, 5) is 16.6. The van der Waals surface area contributed by atoms with E-state index < -0.39 is 22.4 Å². The zero-order chi connectivity index (χ0) is 24.5. The third-order valence-corrected chi connectivity index (χ3v) is 7.51. The van der Waals surface area contributed by atoms with E-state index in [1.165, 1.54) is 47.8 Å². The zero-order valence-corrected chi connectivity index (χ0v) is 18.9. The Kier molecular flexibility index (Phi) is 6.45. The smallest absolute Gasteiger partial charge is 0.469 e. The predicted molar refractivity (Wildman–Crippen MR) is 118 cm³/mol. The van der Waals surface area contributed by atoms with E-state index in [-0.39, 0.29) is 30.2 Å². The third-order valence-electron chi connectivity index (χ3n) is 5.61. The Labute approximate surface area is 193 Å². The molecule has 0 radical (unpaired) electrons. The highest BCUT2D eigenvalue weighted by Crippen LogP contribution is 2.28. The van der Waals surface area contributed by atoms with Crippen molar-refractivity contribution in [3.63, 3.8) is 0 Å². The Morgan fingerprint density at radius 3 is 2.35 bits per heavy atom. The van der Waals surface area contributed by atoms with E-state index in [0.29, 0.717) is 29.9 Å². The number of sulfonamides is 1. The largest absolute Gasteiger partial charge is 0.573 e. The second-order valence-corrected chi connectivity index (χ2v) is 9.64. The summed E-state index contributed by atoms with van der Waals surface area (Å²) in [7, 11) is -2.45. The summed E-state index contributed by atoms with van der Waals surface area (Å²) in [6.07, 6.45) is -3.02. The number of alkyl halides is 3. The molecule has 0 bridgehead atoms. The number of hydrogen-bond acceptors (Lipinski definition) is 6. The van der Waals surface area contributed by atoms with Gasteiger partial charge in [0.1, 0.15) is 5.75 Å². The van der Waals surface area contributed by atoms with E-state index in [9.17, 15) is 26.4 Å². The van der Waals surface area contributed by atoms with Gasteiger partial charge in [-0.2, -0.15) is 4.31 Å². The first-order valence-corrected chi connectivity index (χ1v) is 11.8. The summed E-state index contributed by atoms with van der Waals surface area (Å²) in [5, 5.41) is 0.743. The summed E-state index contributed by atoms with van der Waals surface area (Å²) in [6, 6.07) is 10.2. The van der Waals surface area contributed by atoms with Crippen molar-refractivity contribution < 1.29 is 35.9 Å². The number of anilines is 1. The van der Waals surface area contributed by atoms with Gasteiger partial charge in [-0.15, -0.1) is 13.2 Å². The molecule has 34 heavy (non-hydrogen) atoms. The average Bonchev–Trinajstić information content (AvgIpc) is 3.20. The Hall–Kier alpha value is -3.25. The van der Waals surface area contributed by atoms with Crippen LogP contribution in [-0.4, -0.2) is 63.3 Å². The number of fused-ring (bicyclic) bond motifs is 1. The summed E-state index contributed by atoms with van der Waals surface area (Å²) >= 11 is 0. The number of nitrogens with zero attached hydrogens (tertiary/aromatic N) is 2. The molecule has 1 aromatic heterocycles. The van der Waals surface area contributed by atoms with E-state index in [1.54, 1.807) is 12.3 Å². The summed E-state index contributed by atoms with van der Waals surface area (Å²) in [6.45, 7) is 1.21.